The first-order chi connectivity index (χ1) is 29.8. The second kappa shape index (κ2) is 48.0. The van der Waals surface area contributed by atoms with E-state index in [1.54, 1.807) is 0 Å². The van der Waals surface area contributed by atoms with Crippen LogP contribution in [0.15, 0.2) is 24.3 Å². The van der Waals surface area contributed by atoms with Gasteiger partial charge in [-0.15, -0.1) is 0 Å². The summed E-state index contributed by atoms with van der Waals surface area (Å²) in [6.07, 6.45) is 53.7. The highest BCUT2D eigenvalue weighted by Gasteiger charge is 2.26. The van der Waals surface area contributed by atoms with Crippen LogP contribution in [0.5, 0.6) is 0 Å². The Bertz CT molecular complexity index is 1050. The molecule has 3 N–H and O–H groups in total. The van der Waals surface area contributed by atoms with E-state index in [4.69, 9.17) is 24.3 Å². The summed E-state index contributed by atoms with van der Waals surface area (Å²) in [5.41, 5.74) is 5.36. The van der Waals surface area contributed by atoms with Gasteiger partial charge in [0.25, 0.3) is 0 Å². The Morgan fingerprint density at radius 3 is 1.23 bits per heavy atom. The molecule has 0 spiro atoms. The Morgan fingerprint density at radius 2 is 0.820 bits per heavy atom. The number of phosphoric acid groups is 1. The van der Waals surface area contributed by atoms with Gasteiger partial charge < -0.3 is 20.1 Å². The molecule has 0 radical (unpaired) electrons. The minimum Gasteiger partial charge on any atom is -0.462 e. The summed E-state index contributed by atoms with van der Waals surface area (Å²) < 4.78 is 32.9. The van der Waals surface area contributed by atoms with Gasteiger partial charge in [-0.05, 0) is 57.8 Å². The molecule has 0 aliphatic carbocycles. The van der Waals surface area contributed by atoms with Crippen LogP contribution in [0.3, 0.4) is 0 Å². The van der Waals surface area contributed by atoms with Crippen molar-refractivity contribution in [2.75, 3.05) is 26.4 Å². The van der Waals surface area contributed by atoms with E-state index in [9.17, 15) is 19.0 Å². The number of rotatable bonds is 49. The summed E-state index contributed by atoms with van der Waals surface area (Å²) in [5, 5.41) is 0. The van der Waals surface area contributed by atoms with Crippen LogP contribution in [0.4, 0.5) is 0 Å². The van der Waals surface area contributed by atoms with Gasteiger partial charge in [0.2, 0.25) is 0 Å². The Balaban J connectivity index is 4.03. The minimum absolute atomic E-state index is 0.0515. The van der Waals surface area contributed by atoms with Crippen molar-refractivity contribution < 1.29 is 37.6 Å². The zero-order valence-electron chi connectivity index (χ0n) is 39.9. The van der Waals surface area contributed by atoms with Crippen LogP contribution in [0.2, 0.25) is 0 Å². The fourth-order valence-electron chi connectivity index (χ4n) is 7.46. The second-order valence-corrected chi connectivity index (χ2v) is 18.8. The van der Waals surface area contributed by atoms with Gasteiger partial charge in [-0.1, -0.05) is 212 Å². The van der Waals surface area contributed by atoms with Gasteiger partial charge in [-0.2, -0.15) is 0 Å². The molecule has 0 aromatic carbocycles. The monoisotopic (exact) mass is 884 g/mol. The quantitative estimate of drug-likeness (QED) is 0.0265. The molecule has 2 atom stereocenters. The van der Waals surface area contributed by atoms with E-state index in [0.717, 1.165) is 32.1 Å². The van der Waals surface area contributed by atoms with E-state index in [1.165, 1.54) is 186 Å². The van der Waals surface area contributed by atoms with Gasteiger partial charge in [-0.3, -0.25) is 18.6 Å². The summed E-state index contributed by atoms with van der Waals surface area (Å²) in [4.78, 5) is 35.0. The molecule has 61 heavy (non-hydrogen) atoms. The highest BCUT2D eigenvalue weighted by atomic mass is 31.2. The number of carbonyl (C=O) groups is 2. The predicted octanol–water partition coefficient (Wildman–Crippen LogP) is 15.5. The number of hydrogen-bond acceptors (Lipinski definition) is 8. The number of ether oxygens (including phenoxy) is 2. The van der Waals surface area contributed by atoms with Crippen molar-refractivity contribution in [2.24, 2.45) is 5.73 Å². The normalized spacial score (nSPS) is 13.3. The molecule has 10 heteroatoms. The van der Waals surface area contributed by atoms with Crippen LogP contribution in [0.25, 0.3) is 0 Å². The third-order valence-electron chi connectivity index (χ3n) is 11.3. The average Bonchev–Trinajstić information content (AvgIpc) is 3.25. The van der Waals surface area contributed by atoms with Crippen molar-refractivity contribution in [3.05, 3.63) is 24.3 Å². The first kappa shape index (κ1) is 59.5. The van der Waals surface area contributed by atoms with Crippen molar-refractivity contribution >= 4 is 19.8 Å². The van der Waals surface area contributed by atoms with Crippen LogP contribution in [-0.4, -0.2) is 49.3 Å². The molecular weight excluding hydrogens is 786 g/mol. The van der Waals surface area contributed by atoms with Gasteiger partial charge in [-0.25, -0.2) is 4.57 Å². The maximum Gasteiger partial charge on any atom is 0.472 e. The third kappa shape index (κ3) is 47.8. The largest absolute Gasteiger partial charge is 0.472 e. The Labute approximate surface area is 376 Å². The zero-order valence-corrected chi connectivity index (χ0v) is 40.8. The highest BCUT2D eigenvalue weighted by molar-refractivity contribution is 7.47. The van der Waals surface area contributed by atoms with Gasteiger partial charge in [0, 0.05) is 19.4 Å². The van der Waals surface area contributed by atoms with Gasteiger partial charge in [0.05, 0.1) is 13.2 Å². The van der Waals surface area contributed by atoms with Gasteiger partial charge in [0.15, 0.2) is 6.10 Å². The number of carbonyl (C=O) groups excluding carboxylic acids is 2. The maximum absolute atomic E-state index is 12.6. The number of allylic oxidation sites excluding steroid dienone is 4. The summed E-state index contributed by atoms with van der Waals surface area (Å²) in [7, 11) is -4.38. The van der Waals surface area contributed by atoms with E-state index in [2.05, 4.69) is 38.2 Å². The number of hydrogen-bond donors (Lipinski definition) is 2. The lowest BCUT2D eigenvalue weighted by molar-refractivity contribution is -0.161. The summed E-state index contributed by atoms with van der Waals surface area (Å²) >= 11 is 0. The van der Waals surface area contributed by atoms with Crippen molar-refractivity contribution in [1.29, 1.82) is 0 Å². The molecule has 0 bridgehead atoms. The summed E-state index contributed by atoms with van der Waals surface area (Å²) in [6, 6.07) is 0. The van der Waals surface area contributed by atoms with Crippen molar-refractivity contribution in [3.63, 3.8) is 0 Å². The van der Waals surface area contributed by atoms with Crippen LogP contribution in [-0.2, 0) is 32.7 Å². The molecule has 0 amide bonds. The predicted molar refractivity (Wildman–Crippen MR) is 257 cm³/mol. The lowest BCUT2D eigenvalue weighted by Crippen LogP contribution is -2.29. The van der Waals surface area contributed by atoms with E-state index >= 15 is 0 Å². The van der Waals surface area contributed by atoms with Crippen LogP contribution < -0.4 is 5.73 Å². The zero-order chi connectivity index (χ0) is 44.6. The van der Waals surface area contributed by atoms with E-state index in [1.807, 2.05) is 0 Å². The molecule has 0 saturated carbocycles. The second-order valence-electron chi connectivity index (χ2n) is 17.4. The first-order valence-electron chi connectivity index (χ1n) is 25.8. The topological polar surface area (TPSA) is 134 Å². The lowest BCUT2D eigenvalue weighted by atomic mass is 10.0. The average molecular weight is 884 g/mol. The van der Waals surface area contributed by atoms with Crippen LogP contribution in [0.1, 0.15) is 258 Å². The highest BCUT2D eigenvalue weighted by Crippen LogP contribution is 2.43. The summed E-state index contributed by atoms with van der Waals surface area (Å²) in [6.45, 7) is 3.74. The molecule has 0 aliphatic heterocycles. The van der Waals surface area contributed by atoms with Crippen LogP contribution >= 0.6 is 7.82 Å². The number of phosphoric ester groups is 1. The Hall–Kier alpha value is -1.51. The standard InChI is InChI=1S/C51H98NO8P/c1-3-5-7-9-11-13-15-17-19-21-22-23-24-25-26-28-29-31-33-35-37-39-41-43-50(53)57-47-49(48-59-61(55,56)58-46-45-52)60-51(54)44-42-40-38-36-34-32-30-27-20-18-16-14-12-10-8-6-4-2/h14,16,35,37,49H,3-13,15,17-34,36,38-48,52H2,1-2H3,(H,55,56)/b16-14+,37-35+/t49-/m0/s1. The molecular formula is C51H98NO8P. The SMILES string of the molecule is CCCCCC/C=C/CCCCCCCCCCCC(=O)O[C@@H](COC(=O)CCC/C=C/CCCCCCCCCCCCCCCCCCCC)COP(=O)(O)OCCN. The van der Waals surface area contributed by atoms with E-state index in [-0.39, 0.29) is 32.6 Å². The molecule has 0 rings (SSSR count). The first-order valence-corrected chi connectivity index (χ1v) is 27.3. The van der Waals surface area contributed by atoms with E-state index < -0.39 is 32.5 Å². The molecule has 9 nitrogen and oxygen atoms in total. The Kier molecular flexibility index (Phi) is 46.8. The smallest absolute Gasteiger partial charge is 0.462 e. The fraction of sp³-hybridized carbons (Fsp3) is 0.882. The van der Waals surface area contributed by atoms with Crippen molar-refractivity contribution in [3.8, 4) is 0 Å². The van der Waals surface area contributed by atoms with Gasteiger partial charge >= 0.3 is 19.8 Å². The number of nitrogens with two attached hydrogens (primary N) is 1. The molecule has 0 saturated heterocycles. The molecule has 1 unspecified atom stereocenters. The lowest BCUT2D eigenvalue weighted by Gasteiger charge is -2.19. The van der Waals surface area contributed by atoms with E-state index in [0.29, 0.717) is 12.8 Å². The van der Waals surface area contributed by atoms with Crippen molar-refractivity contribution in [1.82, 2.24) is 0 Å². The molecule has 0 aliphatic rings. The van der Waals surface area contributed by atoms with Gasteiger partial charge in [0.1, 0.15) is 6.61 Å². The number of unbranched alkanes of at least 4 members (excludes halogenated alkanes) is 32. The molecule has 360 valence electrons. The summed E-state index contributed by atoms with van der Waals surface area (Å²) in [5.74, 6) is -0.857. The molecule has 0 fully saturated rings. The van der Waals surface area contributed by atoms with Crippen molar-refractivity contribution in [2.45, 2.75) is 264 Å². The Morgan fingerprint density at radius 1 is 0.475 bits per heavy atom. The minimum atomic E-state index is -4.38. The fourth-order valence-corrected chi connectivity index (χ4v) is 8.22. The van der Waals surface area contributed by atoms with Crippen LogP contribution in [0, 0.1) is 0 Å². The maximum atomic E-state index is 12.6. The number of esters is 2. The third-order valence-corrected chi connectivity index (χ3v) is 12.3. The molecule has 0 heterocycles. The molecule has 0 aromatic heterocycles. The molecule has 0 aromatic rings.